The van der Waals surface area contributed by atoms with Crippen molar-refractivity contribution in [2.24, 2.45) is 5.92 Å². The molecule has 5 heterocycles. The summed E-state index contributed by atoms with van der Waals surface area (Å²) in [5, 5.41) is 32.2. The highest BCUT2D eigenvalue weighted by molar-refractivity contribution is 5.13. The van der Waals surface area contributed by atoms with Gasteiger partial charge in [-0.2, -0.15) is 0 Å². The second-order valence-corrected chi connectivity index (χ2v) is 13.7. The summed E-state index contributed by atoms with van der Waals surface area (Å²) in [4.78, 5) is 0. The van der Waals surface area contributed by atoms with Crippen molar-refractivity contribution >= 4 is 0 Å². The molecule has 5 aliphatic rings. The molecule has 5 saturated heterocycles. The average molecular weight is 577 g/mol. The van der Waals surface area contributed by atoms with E-state index in [4.69, 9.17) is 28.4 Å². The molecule has 0 radical (unpaired) electrons. The molecule has 230 valence electrons. The van der Waals surface area contributed by atoms with Gasteiger partial charge in [-0.05, 0) is 45.1 Å². The smallest absolute Gasteiger partial charge is 0.192 e. The molecule has 41 heavy (non-hydrogen) atoms. The third-order valence-electron chi connectivity index (χ3n) is 10.1. The lowest BCUT2D eigenvalue weighted by molar-refractivity contribution is -0.364. The number of fused-ring (bicyclic) bond motifs is 2. The molecule has 1 aromatic carbocycles. The van der Waals surface area contributed by atoms with Gasteiger partial charge in [-0.25, -0.2) is 0 Å². The van der Waals surface area contributed by atoms with E-state index < -0.39 is 41.6 Å². The van der Waals surface area contributed by atoms with Gasteiger partial charge >= 0.3 is 0 Å². The third kappa shape index (κ3) is 5.99. The molecule has 3 N–H and O–H groups in total. The third-order valence-corrected chi connectivity index (χ3v) is 10.1. The first-order valence-corrected chi connectivity index (χ1v) is 15.6. The van der Waals surface area contributed by atoms with Crippen LogP contribution in [0, 0.1) is 5.92 Å². The van der Waals surface area contributed by atoms with Crippen molar-refractivity contribution < 1.29 is 43.7 Å². The van der Waals surface area contributed by atoms with Gasteiger partial charge in [0, 0.05) is 44.6 Å². The molecule has 9 heteroatoms. The molecule has 6 rings (SSSR count). The van der Waals surface area contributed by atoms with Crippen molar-refractivity contribution in [1.82, 2.24) is 0 Å². The predicted molar refractivity (Wildman–Crippen MR) is 149 cm³/mol. The van der Waals surface area contributed by atoms with E-state index in [1.165, 1.54) is 0 Å². The zero-order chi connectivity index (χ0) is 28.9. The zero-order valence-electron chi connectivity index (χ0n) is 24.7. The molecule has 11 atom stereocenters. The van der Waals surface area contributed by atoms with Crippen LogP contribution in [0.25, 0.3) is 0 Å². The van der Waals surface area contributed by atoms with Gasteiger partial charge in [0.25, 0.3) is 0 Å². The van der Waals surface area contributed by atoms with Gasteiger partial charge in [0.05, 0.1) is 42.2 Å². The van der Waals surface area contributed by atoms with E-state index in [0.29, 0.717) is 45.3 Å². The minimum absolute atomic E-state index is 0.0111. The molecular weight excluding hydrogens is 528 g/mol. The highest BCUT2D eigenvalue weighted by Crippen LogP contribution is 2.52. The first kappa shape index (κ1) is 29.9. The van der Waals surface area contributed by atoms with Crippen molar-refractivity contribution in [3.63, 3.8) is 0 Å². The normalized spacial score (nSPS) is 47.1. The Bertz CT molecular complexity index is 1040. The highest BCUT2D eigenvalue weighted by atomic mass is 16.8. The van der Waals surface area contributed by atoms with E-state index in [1.807, 2.05) is 44.2 Å². The summed E-state index contributed by atoms with van der Waals surface area (Å²) in [6.45, 7) is 6.84. The maximum absolute atomic E-state index is 11.4. The molecule has 0 amide bonds. The molecule has 0 saturated carbocycles. The van der Waals surface area contributed by atoms with Crippen LogP contribution in [0.2, 0.25) is 0 Å². The second-order valence-electron chi connectivity index (χ2n) is 13.7. The SMILES string of the molecule is C[C@@H](CO)[C@@H]1CCC[C@]2(CC[C@H](O)[C@@H]([C@@]3(C)C[C@@H](O)[C@@H]([C@H]4C[C@]5(C)CC[C@](COCc6ccccc6)(O4)O5)O3)O2)O1. The van der Waals surface area contributed by atoms with Gasteiger partial charge in [-0.15, -0.1) is 0 Å². The highest BCUT2D eigenvalue weighted by Gasteiger charge is 2.61. The Labute approximate surface area is 243 Å². The number of aliphatic hydroxyl groups excluding tert-OH is 3. The number of ether oxygens (including phenoxy) is 6. The lowest BCUT2D eigenvalue weighted by Gasteiger charge is -2.51. The van der Waals surface area contributed by atoms with Gasteiger partial charge in [0.1, 0.15) is 18.8 Å². The molecule has 2 bridgehead atoms. The number of benzene rings is 1. The summed E-state index contributed by atoms with van der Waals surface area (Å²) in [5.41, 5.74) is -0.223. The Morgan fingerprint density at radius 2 is 1.73 bits per heavy atom. The Morgan fingerprint density at radius 1 is 0.927 bits per heavy atom. The van der Waals surface area contributed by atoms with Gasteiger partial charge < -0.3 is 43.7 Å². The molecule has 9 nitrogen and oxygen atoms in total. The van der Waals surface area contributed by atoms with Crippen molar-refractivity contribution in [2.75, 3.05) is 13.2 Å². The summed E-state index contributed by atoms with van der Waals surface area (Å²) in [6.07, 6.45) is 2.91. The molecule has 0 aliphatic carbocycles. The fourth-order valence-corrected chi connectivity index (χ4v) is 7.84. The Kier molecular flexibility index (Phi) is 8.33. The maximum atomic E-state index is 11.4. The fraction of sp³-hybridized carbons (Fsp3) is 0.812. The zero-order valence-corrected chi connectivity index (χ0v) is 24.7. The van der Waals surface area contributed by atoms with Crippen molar-refractivity contribution in [1.29, 1.82) is 0 Å². The summed E-state index contributed by atoms with van der Waals surface area (Å²) in [6, 6.07) is 10.0. The van der Waals surface area contributed by atoms with Crippen molar-refractivity contribution in [2.45, 2.75) is 145 Å². The Balaban J connectivity index is 1.14. The van der Waals surface area contributed by atoms with Crippen LogP contribution in [-0.2, 0) is 35.0 Å². The van der Waals surface area contributed by atoms with Crippen LogP contribution in [0.1, 0.15) is 84.1 Å². The molecule has 5 fully saturated rings. The van der Waals surface area contributed by atoms with Crippen LogP contribution in [0.15, 0.2) is 30.3 Å². The molecule has 5 aliphatic heterocycles. The molecule has 1 spiro atoms. The standard InChI is InChI=1S/C32H48O9/c1-21(18-33)25-10-7-12-31(37-25)13-11-23(34)28(40-31)30(3)16-24(35)27(39-30)26-17-29(2)14-15-32(38-26,41-29)20-36-19-22-8-5-4-6-9-22/h4-6,8-9,21,23-28,33-35H,7,10-20H2,1-3H3/t21-,23-,24+,25-,26+,27-,28-,29-,30+,31-,32-/m0/s1. The fourth-order valence-electron chi connectivity index (χ4n) is 7.84. The number of aliphatic hydroxyl groups is 3. The lowest BCUT2D eigenvalue weighted by atomic mass is 9.83. The first-order chi connectivity index (χ1) is 19.6. The number of rotatable bonds is 8. The van der Waals surface area contributed by atoms with E-state index >= 15 is 0 Å². The van der Waals surface area contributed by atoms with Crippen LogP contribution < -0.4 is 0 Å². The minimum atomic E-state index is -0.922. The van der Waals surface area contributed by atoms with Crippen LogP contribution >= 0.6 is 0 Å². The van der Waals surface area contributed by atoms with E-state index in [9.17, 15) is 15.3 Å². The van der Waals surface area contributed by atoms with E-state index in [2.05, 4.69) is 6.92 Å². The average Bonchev–Trinajstić information content (AvgIpc) is 3.41. The van der Waals surface area contributed by atoms with Crippen LogP contribution in [-0.4, -0.2) is 87.9 Å². The first-order valence-electron chi connectivity index (χ1n) is 15.6. The van der Waals surface area contributed by atoms with Crippen molar-refractivity contribution in [3.8, 4) is 0 Å². The van der Waals surface area contributed by atoms with Gasteiger partial charge in [0.2, 0.25) is 0 Å². The number of hydrogen-bond acceptors (Lipinski definition) is 9. The van der Waals surface area contributed by atoms with Gasteiger partial charge in [-0.3, -0.25) is 0 Å². The maximum Gasteiger partial charge on any atom is 0.192 e. The quantitative estimate of drug-likeness (QED) is 0.427. The topological polar surface area (TPSA) is 116 Å². The van der Waals surface area contributed by atoms with Gasteiger partial charge in [0.15, 0.2) is 11.6 Å². The number of hydrogen-bond donors (Lipinski definition) is 3. The predicted octanol–water partition coefficient (Wildman–Crippen LogP) is 3.60. The summed E-state index contributed by atoms with van der Waals surface area (Å²) >= 11 is 0. The van der Waals surface area contributed by atoms with E-state index in [0.717, 1.165) is 31.2 Å². The van der Waals surface area contributed by atoms with Crippen LogP contribution in [0.4, 0.5) is 0 Å². The van der Waals surface area contributed by atoms with Crippen molar-refractivity contribution in [3.05, 3.63) is 35.9 Å². The van der Waals surface area contributed by atoms with Crippen LogP contribution in [0.3, 0.4) is 0 Å². The van der Waals surface area contributed by atoms with E-state index in [1.54, 1.807) is 0 Å². The van der Waals surface area contributed by atoms with Crippen LogP contribution in [0.5, 0.6) is 0 Å². The second kappa shape index (κ2) is 11.4. The molecule has 0 aromatic heterocycles. The summed E-state index contributed by atoms with van der Waals surface area (Å²) < 4.78 is 38.9. The monoisotopic (exact) mass is 576 g/mol. The molecule has 0 unspecified atom stereocenters. The molecular formula is C32H48O9. The summed E-state index contributed by atoms with van der Waals surface area (Å²) in [5.74, 6) is -1.68. The minimum Gasteiger partial charge on any atom is -0.396 e. The largest absolute Gasteiger partial charge is 0.396 e. The Hall–Kier alpha value is -1.14. The van der Waals surface area contributed by atoms with E-state index in [-0.39, 0.29) is 30.3 Å². The molecule has 1 aromatic rings. The van der Waals surface area contributed by atoms with Gasteiger partial charge in [-0.1, -0.05) is 37.3 Å². The Morgan fingerprint density at radius 3 is 2.51 bits per heavy atom. The lowest BCUT2D eigenvalue weighted by Crippen LogP contribution is -2.60. The summed E-state index contributed by atoms with van der Waals surface area (Å²) in [7, 11) is 0.